The zero-order chi connectivity index (χ0) is 15.1. The van der Waals surface area contributed by atoms with Gasteiger partial charge in [0.1, 0.15) is 0 Å². The van der Waals surface area contributed by atoms with E-state index in [2.05, 4.69) is 44.3 Å². The predicted molar refractivity (Wildman–Crippen MR) is 92.8 cm³/mol. The molecule has 1 atom stereocenters. The third kappa shape index (κ3) is 5.14. The Bertz CT molecular complexity index is 418. The molecule has 0 spiro atoms. The molecule has 118 valence electrons. The van der Waals surface area contributed by atoms with Gasteiger partial charge in [0.05, 0.1) is 0 Å². The SMILES string of the molecule is CCCNC(CCC1CCCCC1)c1ccc(C)c(C)c1. The van der Waals surface area contributed by atoms with E-state index in [0.29, 0.717) is 6.04 Å². The molecule has 0 heterocycles. The molecule has 1 saturated carbocycles. The summed E-state index contributed by atoms with van der Waals surface area (Å²) in [5, 5.41) is 3.77. The van der Waals surface area contributed by atoms with Crippen molar-refractivity contribution in [2.24, 2.45) is 5.92 Å². The van der Waals surface area contributed by atoms with Gasteiger partial charge in [0.15, 0.2) is 0 Å². The molecule has 1 nitrogen and oxygen atoms in total. The van der Waals surface area contributed by atoms with Crippen LogP contribution in [0.5, 0.6) is 0 Å². The van der Waals surface area contributed by atoms with Gasteiger partial charge in [0.2, 0.25) is 0 Å². The second-order valence-corrected chi connectivity index (χ2v) is 6.93. The van der Waals surface area contributed by atoms with Crippen molar-refractivity contribution in [3.8, 4) is 0 Å². The van der Waals surface area contributed by atoms with Gasteiger partial charge < -0.3 is 5.32 Å². The van der Waals surface area contributed by atoms with E-state index in [1.165, 1.54) is 68.1 Å². The molecule has 1 aliphatic rings. The predicted octanol–water partition coefficient (Wildman–Crippen LogP) is 5.70. The van der Waals surface area contributed by atoms with E-state index >= 15 is 0 Å². The summed E-state index contributed by atoms with van der Waals surface area (Å²) in [5.74, 6) is 0.983. The summed E-state index contributed by atoms with van der Waals surface area (Å²) in [6.45, 7) is 7.82. The molecule has 2 rings (SSSR count). The van der Waals surface area contributed by atoms with Crippen molar-refractivity contribution in [3.63, 3.8) is 0 Å². The zero-order valence-corrected chi connectivity index (χ0v) is 14.3. The largest absolute Gasteiger partial charge is 0.310 e. The van der Waals surface area contributed by atoms with E-state index < -0.39 is 0 Å². The fraction of sp³-hybridized carbons (Fsp3) is 0.700. The van der Waals surface area contributed by atoms with Crippen LogP contribution in [0.2, 0.25) is 0 Å². The first-order chi connectivity index (χ1) is 10.2. The maximum atomic E-state index is 3.77. The van der Waals surface area contributed by atoms with Crippen molar-refractivity contribution in [1.29, 1.82) is 0 Å². The second kappa shape index (κ2) is 8.58. The Labute approximate surface area is 131 Å². The Morgan fingerprint density at radius 3 is 2.52 bits per heavy atom. The van der Waals surface area contributed by atoms with Gasteiger partial charge >= 0.3 is 0 Å². The summed E-state index contributed by atoms with van der Waals surface area (Å²) in [7, 11) is 0. The van der Waals surface area contributed by atoms with E-state index in [4.69, 9.17) is 0 Å². The van der Waals surface area contributed by atoms with Crippen molar-refractivity contribution in [2.75, 3.05) is 6.54 Å². The summed E-state index contributed by atoms with van der Waals surface area (Å²) >= 11 is 0. The average Bonchev–Trinajstić information content (AvgIpc) is 2.51. The normalized spacial score (nSPS) is 17.9. The van der Waals surface area contributed by atoms with Gasteiger partial charge in [0, 0.05) is 6.04 Å². The fourth-order valence-electron chi connectivity index (χ4n) is 3.56. The van der Waals surface area contributed by atoms with Crippen molar-refractivity contribution in [3.05, 3.63) is 34.9 Å². The summed E-state index contributed by atoms with van der Waals surface area (Å²) in [4.78, 5) is 0. The number of aryl methyl sites for hydroxylation is 2. The molecule has 0 aromatic heterocycles. The Hall–Kier alpha value is -0.820. The molecule has 0 bridgehead atoms. The number of rotatable bonds is 7. The van der Waals surface area contributed by atoms with Crippen LogP contribution >= 0.6 is 0 Å². The minimum absolute atomic E-state index is 0.547. The maximum absolute atomic E-state index is 3.77. The standard InChI is InChI=1S/C20H33N/c1-4-14-21-20(13-11-18-8-6-5-7-9-18)19-12-10-16(2)17(3)15-19/h10,12,15,18,20-21H,4-9,11,13-14H2,1-3H3. The highest BCUT2D eigenvalue weighted by Crippen LogP contribution is 2.30. The maximum Gasteiger partial charge on any atom is 0.0320 e. The van der Waals surface area contributed by atoms with E-state index in [1.54, 1.807) is 0 Å². The molecule has 1 aromatic carbocycles. The van der Waals surface area contributed by atoms with Crippen LogP contribution in [0.4, 0.5) is 0 Å². The third-order valence-electron chi connectivity index (χ3n) is 5.16. The van der Waals surface area contributed by atoms with Crippen LogP contribution in [-0.2, 0) is 0 Å². The smallest absolute Gasteiger partial charge is 0.0320 e. The van der Waals surface area contributed by atoms with Crippen LogP contribution in [0.1, 0.15) is 81.0 Å². The summed E-state index contributed by atoms with van der Waals surface area (Å²) < 4.78 is 0. The van der Waals surface area contributed by atoms with Crippen LogP contribution in [0.25, 0.3) is 0 Å². The number of hydrogen-bond donors (Lipinski definition) is 1. The first kappa shape index (κ1) is 16.5. The highest BCUT2D eigenvalue weighted by atomic mass is 14.9. The van der Waals surface area contributed by atoms with Crippen LogP contribution in [0.15, 0.2) is 18.2 Å². The zero-order valence-electron chi connectivity index (χ0n) is 14.3. The molecular weight excluding hydrogens is 254 g/mol. The average molecular weight is 287 g/mol. The number of nitrogens with one attached hydrogen (secondary N) is 1. The van der Waals surface area contributed by atoms with Crippen LogP contribution in [0.3, 0.4) is 0 Å². The van der Waals surface area contributed by atoms with Gasteiger partial charge in [-0.15, -0.1) is 0 Å². The topological polar surface area (TPSA) is 12.0 Å². The van der Waals surface area contributed by atoms with E-state index in [-0.39, 0.29) is 0 Å². The lowest BCUT2D eigenvalue weighted by Gasteiger charge is -2.25. The van der Waals surface area contributed by atoms with E-state index in [9.17, 15) is 0 Å². The Morgan fingerprint density at radius 1 is 1.10 bits per heavy atom. The first-order valence-electron chi connectivity index (χ1n) is 9.01. The Balaban J connectivity index is 1.97. The van der Waals surface area contributed by atoms with E-state index in [1.807, 2.05) is 0 Å². The lowest BCUT2D eigenvalue weighted by atomic mass is 9.84. The molecule has 1 aromatic rings. The minimum Gasteiger partial charge on any atom is -0.310 e. The summed E-state index contributed by atoms with van der Waals surface area (Å²) in [6, 6.07) is 7.55. The Kier molecular flexibility index (Phi) is 6.76. The van der Waals surface area contributed by atoms with Gasteiger partial charge in [-0.05, 0) is 62.3 Å². The van der Waals surface area contributed by atoms with Crippen molar-refractivity contribution >= 4 is 0 Å². The molecule has 1 heteroatoms. The first-order valence-corrected chi connectivity index (χ1v) is 9.01. The molecule has 0 radical (unpaired) electrons. The number of hydrogen-bond acceptors (Lipinski definition) is 1. The van der Waals surface area contributed by atoms with Gasteiger partial charge in [0.25, 0.3) is 0 Å². The fourth-order valence-corrected chi connectivity index (χ4v) is 3.56. The molecule has 1 aliphatic carbocycles. The second-order valence-electron chi connectivity index (χ2n) is 6.93. The van der Waals surface area contributed by atoms with Crippen molar-refractivity contribution in [1.82, 2.24) is 5.32 Å². The highest BCUT2D eigenvalue weighted by Gasteiger charge is 2.17. The van der Waals surface area contributed by atoms with Gasteiger partial charge in [-0.1, -0.05) is 57.2 Å². The van der Waals surface area contributed by atoms with Crippen LogP contribution in [-0.4, -0.2) is 6.54 Å². The molecule has 1 fully saturated rings. The summed E-state index contributed by atoms with van der Waals surface area (Å²) in [6.07, 6.45) is 11.2. The Morgan fingerprint density at radius 2 is 1.86 bits per heavy atom. The lowest BCUT2D eigenvalue weighted by Crippen LogP contribution is -2.23. The van der Waals surface area contributed by atoms with Crippen molar-refractivity contribution < 1.29 is 0 Å². The molecule has 0 aliphatic heterocycles. The van der Waals surface area contributed by atoms with Gasteiger partial charge in [-0.3, -0.25) is 0 Å². The minimum atomic E-state index is 0.547. The molecule has 21 heavy (non-hydrogen) atoms. The van der Waals surface area contributed by atoms with Gasteiger partial charge in [-0.2, -0.15) is 0 Å². The summed E-state index contributed by atoms with van der Waals surface area (Å²) in [5.41, 5.74) is 4.32. The van der Waals surface area contributed by atoms with Crippen LogP contribution < -0.4 is 5.32 Å². The molecule has 0 saturated heterocycles. The molecule has 1 N–H and O–H groups in total. The van der Waals surface area contributed by atoms with E-state index in [0.717, 1.165) is 12.5 Å². The molecule has 1 unspecified atom stereocenters. The monoisotopic (exact) mass is 287 g/mol. The molecule has 0 amide bonds. The van der Waals surface area contributed by atoms with Crippen molar-refractivity contribution in [2.45, 2.75) is 78.2 Å². The number of benzene rings is 1. The highest BCUT2D eigenvalue weighted by molar-refractivity contribution is 5.31. The van der Waals surface area contributed by atoms with Crippen LogP contribution in [0, 0.1) is 19.8 Å². The third-order valence-corrected chi connectivity index (χ3v) is 5.16. The quantitative estimate of drug-likeness (QED) is 0.678. The molecular formula is C20H33N. The lowest BCUT2D eigenvalue weighted by molar-refractivity contribution is 0.314. The van der Waals surface area contributed by atoms with Gasteiger partial charge in [-0.25, -0.2) is 0 Å².